The Labute approximate surface area is 111 Å². The van der Waals surface area contributed by atoms with Gasteiger partial charge in [-0.25, -0.2) is 0 Å². The van der Waals surface area contributed by atoms with Gasteiger partial charge in [0.15, 0.2) is 0 Å². The predicted molar refractivity (Wildman–Crippen MR) is 63.9 cm³/mol. The van der Waals surface area contributed by atoms with E-state index >= 15 is 0 Å². The Morgan fingerprint density at radius 1 is 1.33 bits per heavy atom. The molecule has 0 aliphatic carbocycles. The van der Waals surface area contributed by atoms with Crippen molar-refractivity contribution in [1.29, 1.82) is 0 Å². The lowest BCUT2D eigenvalue weighted by Gasteiger charge is -2.16. The third kappa shape index (κ3) is 4.56. The van der Waals surface area contributed by atoms with E-state index in [2.05, 4.69) is 20.7 Å². The number of ether oxygens (including phenoxy) is 1. The van der Waals surface area contributed by atoms with E-state index in [9.17, 15) is 18.0 Å². The fraction of sp³-hybridized carbons (Fsp3) is 0.364. The average Bonchev–Trinajstić information content (AvgIpc) is 2.27. The Bertz CT molecular complexity index is 406. The van der Waals surface area contributed by atoms with Crippen LogP contribution < -0.4 is 4.74 Å². The minimum Gasteiger partial charge on any atom is -0.406 e. The fourth-order valence-corrected chi connectivity index (χ4v) is 1.78. The highest BCUT2D eigenvalue weighted by Gasteiger charge is 2.31. The van der Waals surface area contributed by atoms with Gasteiger partial charge < -0.3 is 9.64 Å². The molecule has 0 bridgehead atoms. The van der Waals surface area contributed by atoms with Gasteiger partial charge in [0.25, 0.3) is 5.91 Å². The van der Waals surface area contributed by atoms with E-state index in [0.717, 1.165) is 12.1 Å². The third-order valence-corrected chi connectivity index (χ3v) is 2.46. The zero-order chi connectivity index (χ0) is 13.8. The molecule has 100 valence electrons. The molecule has 0 fully saturated rings. The second-order valence-electron chi connectivity index (χ2n) is 3.49. The van der Waals surface area contributed by atoms with Gasteiger partial charge in [0.1, 0.15) is 5.75 Å². The summed E-state index contributed by atoms with van der Waals surface area (Å²) in [5, 5.41) is 0.629. The fourth-order valence-electron chi connectivity index (χ4n) is 1.25. The number of amides is 1. The topological polar surface area (TPSA) is 29.5 Å². The first-order chi connectivity index (χ1) is 8.33. The van der Waals surface area contributed by atoms with Crippen molar-refractivity contribution in [1.82, 2.24) is 4.90 Å². The van der Waals surface area contributed by atoms with Crippen LogP contribution in [-0.4, -0.2) is 36.1 Å². The number of rotatable bonds is 4. The zero-order valence-corrected chi connectivity index (χ0v) is 11.1. The second kappa shape index (κ2) is 6.08. The van der Waals surface area contributed by atoms with Gasteiger partial charge in [-0.05, 0) is 24.3 Å². The molecule has 1 rings (SSSR count). The van der Waals surface area contributed by atoms with Gasteiger partial charge in [0.05, 0.1) is 0 Å². The van der Waals surface area contributed by atoms with Crippen molar-refractivity contribution in [2.24, 2.45) is 0 Å². The van der Waals surface area contributed by atoms with E-state index in [4.69, 9.17) is 0 Å². The maximum absolute atomic E-state index is 11.9. The summed E-state index contributed by atoms with van der Waals surface area (Å²) in [4.78, 5) is 13.2. The van der Waals surface area contributed by atoms with E-state index < -0.39 is 6.36 Å². The van der Waals surface area contributed by atoms with Crippen molar-refractivity contribution < 1.29 is 22.7 Å². The van der Waals surface area contributed by atoms with Crippen LogP contribution in [0.5, 0.6) is 5.75 Å². The summed E-state index contributed by atoms with van der Waals surface area (Å²) in [5.41, 5.74) is 0.313. The van der Waals surface area contributed by atoms with Gasteiger partial charge in [-0.15, -0.1) is 13.2 Å². The van der Waals surface area contributed by atoms with E-state index in [1.165, 1.54) is 17.0 Å². The third-order valence-electron chi connectivity index (χ3n) is 2.10. The van der Waals surface area contributed by atoms with Crippen molar-refractivity contribution >= 4 is 21.8 Å². The number of hydrogen-bond acceptors (Lipinski definition) is 2. The quantitative estimate of drug-likeness (QED) is 0.796. The number of halogens is 4. The van der Waals surface area contributed by atoms with Crippen LogP contribution in [0.15, 0.2) is 24.3 Å². The zero-order valence-electron chi connectivity index (χ0n) is 9.50. The normalized spacial score (nSPS) is 11.2. The molecule has 3 nitrogen and oxygen atoms in total. The van der Waals surface area contributed by atoms with Crippen molar-refractivity contribution in [2.45, 2.75) is 6.36 Å². The van der Waals surface area contributed by atoms with Crippen LogP contribution in [0.25, 0.3) is 0 Å². The lowest BCUT2D eigenvalue weighted by molar-refractivity contribution is -0.274. The van der Waals surface area contributed by atoms with Crippen molar-refractivity contribution in [2.75, 3.05) is 18.9 Å². The van der Waals surface area contributed by atoms with Crippen LogP contribution in [0.3, 0.4) is 0 Å². The molecule has 0 saturated carbocycles. The highest BCUT2D eigenvalue weighted by atomic mass is 79.9. The lowest BCUT2D eigenvalue weighted by Crippen LogP contribution is -2.28. The molecule has 0 aromatic heterocycles. The number of nitrogens with zero attached hydrogens (tertiary/aromatic N) is 1. The Hall–Kier alpha value is -1.24. The maximum Gasteiger partial charge on any atom is 0.573 e. The van der Waals surface area contributed by atoms with E-state index in [1.54, 1.807) is 7.05 Å². The molecule has 1 aromatic carbocycles. The second-order valence-corrected chi connectivity index (χ2v) is 4.28. The largest absolute Gasteiger partial charge is 0.573 e. The minimum absolute atomic E-state index is 0.256. The van der Waals surface area contributed by atoms with Gasteiger partial charge in [-0.3, -0.25) is 4.79 Å². The molecule has 0 aliphatic heterocycles. The van der Waals surface area contributed by atoms with E-state index in [-0.39, 0.29) is 11.7 Å². The number of alkyl halides is 4. The Balaban J connectivity index is 2.74. The number of benzene rings is 1. The molecule has 0 heterocycles. The first-order valence-electron chi connectivity index (χ1n) is 5.00. The summed E-state index contributed by atoms with van der Waals surface area (Å²) >= 11 is 3.20. The summed E-state index contributed by atoms with van der Waals surface area (Å²) in [6.07, 6.45) is -4.72. The van der Waals surface area contributed by atoms with Crippen molar-refractivity contribution in [3.05, 3.63) is 29.8 Å². The maximum atomic E-state index is 11.9. The van der Waals surface area contributed by atoms with E-state index in [0.29, 0.717) is 17.4 Å². The van der Waals surface area contributed by atoms with Gasteiger partial charge in [-0.2, -0.15) is 0 Å². The molecule has 0 atom stereocenters. The average molecular weight is 326 g/mol. The molecule has 1 amide bonds. The molecule has 0 unspecified atom stereocenters. The molecular weight excluding hydrogens is 315 g/mol. The molecule has 0 aliphatic rings. The molecule has 0 saturated heterocycles. The summed E-state index contributed by atoms with van der Waals surface area (Å²) < 4.78 is 39.5. The molecule has 0 spiro atoms. The standard InChI is InChI=1S/C11H11BrF3NO2/c1-16(7-6-12)10(17)8-2-4-9(5-3-8)18-11(13,14)15/h2-5H,6-7H2,1H3. The van der Waals surface area contributed by atoms with E-state index in [1.807, 2.05) is 0 Å². The number of carbonyl (C=O) groups excluding carboxylic acids is 1. The summed E-state index contributed by atoms with van der Waals surface area (Å²) in [6.45, 7) is 0.514. The van der Waals surface area contributed by atoms with Gasteiger partial charge >= 0.3 is 6.36 Å². The minimum atomic E-state index is -4.72. The Morgan fingerprint density at radius 3 is 2.33 bits per heavy atom. The van der Waals surface area contributed by atoms with Crippen LogP contribution in [0.4, 0.5) is 13.2 Å². The molecule has 0 N–H and O–H groups in total. The summed E-state index contributed by atoms with van der Waals surface area (Å²) in [6, 6.07) is 4.83. The number of carbonyl (C=O) groups is 1. The Kier molecular flexibility index (Phi) is 5.01. The molecule has 18 heavy (non-hydrogen) atoms. The monoisotopic (exact) mass is 325 g/mol. The Morgan fingerprint density at radius 2 is 1.89 bits per heavy atom. The highest BCUT2D eigenvalue weighted by molar-refractivity contribution is 9.09. The van der Waals surface area contributed by atoms with Crippen LogP contribution in [0.1, 0.15) is 10.4 Å². The van der Waals surface area contributed by atoms with Gasteiger partial charge in [0, 0.05) is 24.5 Å². The van der Waals surface area contributed by atoms with Crippen LogP contribution in [0, 0.1) is 0 Å². The smallest absolute Gasteiger partial charge is 0.406 e. The molecule has 7 heteroatoms. The molecular formula is C11H11BrF3NO2. The van der Waals surface area contributed by atoms with Crippen molar-refractivity contribution in [3.63, 3.8) is 0 Å². The lowest BCUT2D eigenvalue weighted by atomic mass is 10.2. The summed E-state index contributed by atoms with van der Waals surface area (Å²) in [7, 11) is 1.61. The first kappa shape index (κ1) is 14.8. The summed E-state index contributed by atoms with van der Waals surface area (Å²) in [5.74, 6) is -0.602. The van der Waals surface area contributed by atoms with Gasteiger partial charge in [-0.1, -0.05) is 15.9 Å². The van der Waals surface area contributed by atoms with Crippen LogP contribution >= 0.6 is 15.9 Å². The molecule has 1 aromatic rings. The van der Waals surface area contributed by atoms with Crippen molar-refractivity contribution in [3.8, 4) is 5.75 Å². The predicted octanol–water partition coefficient (Wildman–Crippen LogP) is 3.05. The number of hydrogen-bond donors (Lipinski definition) is 0. The highest BCUT2D eigenvalue weighted by Crippen LogP contribution is 2.22. The van der Waals surface area contributed by atoms with Crippen LogP contribution in [0.2, 0.25) is 0 Å². The molecule has 0 radical (unpaired) electrons. The van der Waals surface area contributed by atoms with Crippen LogP contribution in [-0.2, 0) is 0 Å². The SMILES string of the molecule is CN(CCBr)C(=O)c1ccc(OC(F)(F)F)cc1. The van der Waals surface area contributed by atoms with Gasteiger partial charge in [0.2, 0.25) is 0 Å². The first-order valence-corrected chi connectivity index (χ1v) is 6.13.